The first-order valence-electron chi connectivity index (χ1n) is 34.8. The Hall–Kier alpha value is -10.7. The van der Waals surface area contributed by atoms with Gasteiger partial charge in [-0.15, -0.1) is 0 Å². The molecule has 0 saturated carbocycles. The molecule has 4 aliphatic heterocycles. The molecule has 0 spiro atoms. The molecule has 9 aromatic rings. The summed E-state index contributed by atoms with van der Waals surface area (Å²) in [6.07, 6.45) is -1.11. The SMILES string of the molecule is CC(C)CC(C(=O)N(CCC(=O)OCC1CO1)CC(C)C)N1C(=O)c2cc(Oc3cccc(F)c3)c3c4c(Oc5cccc(F)c5)cc5c6c(cc(Oc7cccc(F)c7)c(c7c(Oc8cccc(F)c8)cc(c2c37)C1=O)c64)C(=O)N(C(CC(C)C)C(=O)N(CCC(=O)OCC1CO1)CC(C)C)C5=O. The molecule has 0 aliphatic carbocycles. The van der Waals surface area contributed by atoms with Crippen LogP contribution in [0, 0.1) is 46.9 Å². The van der Waals surface area contributed by atoms with Gasteiger partial charge in [-0.1, -0.05) is 79.7 Å². The van der Waals surface area contributed by atoms with Crippen LogP contribution in [0.5, 0.6) is 46.0 Å². The summed E-state index contributed by atoms with van der Waals surface area (Å²) in [5.74, 6) is -12.3. The number of imide groups is 2. The number of amides is 6. The topological polar surface area (TPSA) is 230 Å². The number of halogens is 4. The molecule has 20 nitrogen and oxygen atoms in total. The van der Waals surface area contributed by atoms with Crippen LogP contribution < -0.4 is 18.9 Å². The number of esters is 2. The van der Waals surface area contributed by atoms with Crippen LogP contribution in [0.15, 0.2) is 121 Å². The molecule has 0 radical (unpaired) electrons. The molecule has 13 rings (SSSR count). The van der Waals surface area contributed by atoms with Gasteiger partial charge in [-0.3, -0.25) is 48.2 Å². The Labute approximate surface area is 595 Å². The van der Waals surface area contributed by atoms with E-state index in [4.69, 9.17) is 37.9 Å². The Kier molecular flexibility index (Phi) is 20.4. The lowest BCUT2D eigenvalue weighted by Gasteiger charge is -2.38. The van der Waals surface area contributed by atoms with Crippen LogP contribution in [0.2, 0.25) is 0 Å². The van der Waals surface area contributed by atoms with E-state index >= 15 is 46.3 Å². The van der Waals surface area contributed by atoms with E-state index in [0.29, 0.717) is 13.2 Å². The Morgan fingerprint density at radius 1 is 0.413 bits per heavy atom. The molecule has 4 atom stereocenters. The zero-order valence-electron chi connectivity index (χ0n) is 58.5. The van der Waals surface area contributed by atoms with Gasteiger partial charge < -0.3 is 47.7 Å². The molecule has 24 heteroatoms. The molecule has 0 N–H and O–H groups in total. The maximum absolute atomic E-state index is 16.4. The summed E-state index contributed by atoms with van der Waals surface area (Å²) < 4.78 is 112. The van der Waals surface area contributed by atoms with Crippen molar-refractivity contribution >= 4 is 90.5 Å². The van der Waals surface area contributed by atoms with Crippen molar-refractivity contribution in [2.45, 2.75) is 105 Å². The lowest BCUT2D eigenvalue weighted by atomic mass is 9.80. The molecule has 4 unspecified atom stereocenters. The normalized spacial score (nSPS) is 16.0. The molecule has 0 bridgehead atoms. The number of benzene rings is 9. The minimum atomic E-state index is -1.55. The van der Waals surface area contributed by atoms with Gasteiger partial charge in [0.1, 0.15) is 107 Å². The second-order valence-corrected chi connectivity index (χ2v) is 28.3. The van der Waals surface area contributed by atoms with E-state index in [0.717, 1.165) is 34.1 Å². The zero-order chi connectivity index (χ0) is 73.7. The molecule has 0 aromatic heterocycles. The Bertz CT molecular complexity index is 4410. The highest BCUT2D eigenvalue weighted by Gasteiger charge is 2.48. The van der Waals surface area contributed by atoms with Crippen LogP contribution >= 0.6 is 0 Å². The fourth-order valence-electron chi connectivity index (χ4n) is 13.8. The Morgan fingerprint density at radius 3 is 0.933 bits per heavy atom. The zero-order valence-corrected chi connectivity index (χ0v) is 58.5. The second kappa shape index (κ2) is 29.6. The fraction of sp³-hybridized carbons (Fsp3) is 0.350. The number of carbonyl (C=O) groups is 8. The third kappa shape index (κ3) is 14.9. The van der Waals surface area contributed by atoms with Crippen molar-refractivity contribution in [3.63, 3.8) is 0 Å². The number of carbonyl (C=O) groups excluding carboxylic acids is 8. The summed E-state index contributed by atoms with van der Waals surface area (Å²) in [4.78, 5) is 128. The first kappa shape index (κ1) is 71.7. The lowest BCUT2D eigenvalue weighted by molar-refractivity contribution is -0.147. The largest absolute Gasteiger partial charge is 0.463 e. The van der Waals surface area contributed by atoms with E-state index in [1.807, 2.05) is 27.7 Å². The van der Waals surface area contributed by atoms with Crippen molar-refractivity contribution < 1.29 is 93.8 Å². The van der Waals surface area contributed by atoms with Crippen molar-refractivity contribution in [1.82, 2.24) is 19.6 Å². The minimum Gasteiger partial charge on any atom is -0.463 e. The average Bonchev–Trinajstić information content (AvgIpc) is 1.15. The van der Waals surface area contributed by atoms with Gasteiger partial charge in [-0.05, 0) is 109 Å². The van der Waals surface area contributed by atoms with Gasteiger partial charge in [-0.25, -0.2) is 17.6 Å². The maximum atomic E-state index is 16.4. The molecule has 4 aliphatic rings. The van der Waals surface area contributed by atoms with Gasteiger partial charge in [0.05, 0.1) is 48.3 Å². The second-order valence-electron chi connectivity index (χ2n) is 28.3. The fourth-order valence-corrected chi connectivity index (χ4v) is 13.8. The quantitative estimate of drug-likeness (QED) is 0.0102. The summed E-state index contributed by atoms with van der Waals surface area (Å²) >= 11 is 0. The number of nitrogens with zero attached hydrogens (tertiary/aromatic N) is 4. The number of hydrogen-bond acceptors (Lipinski definition) is 16. The Balaban J connectivity index is 1.12. The van der Waals surface area contributed by atoms with Gasteiger partial charge in [-0.2, -0.15) is 0 Å². The molecule has 104 heavy (non-hydrogen) atoms. The molecule has 540 valence electrons. The maximum Gasteiger partial charge on any atom is 0.307 e. The van der Waals surface area contributed by atoms with Crippen molar-refractivity contribution in [1.29, 1.82) is 0 Å². The van der Waals surface area contributed by atoms with Crippen LogP contribution in [0.25, 0.3) is 43.1 Å². The number of epoxide rings is 2. The van der Waals surface area contributed by atoms with Crippen LogP contribution in [-0.4, -0.2) is 144 Å². The van der Waals surface area contributed by atoms with Crippen molar-refractivity contribution in [2.24, 2.45) is 23.7 Å². The third-order valence-electron chi connectivity index (χ3n) is 18.3. The van der Waals surface area contributed by atoms with Crippen LogP contribution in [0.3, 0.4) is 0 Å². The number of rotatable bonds is 30. The highest BCUT2D eigenvalue weighted by molar-refractivity contribution is 6.45. The van der Waals surface area contributed by atoms with Crippen LogP contribution in [0.1, 0.15) is 123 Å². The highest BCUT2D eigenvalue weighted by atomic mass is 19.1. The van der Waals surface area contributed by atoms with Gasteiger partial charge in [0.2, 0.25) is 11.8 Å². The highest BCUT2D eigenvalue weighted by Crippen LogP contribution is 2.58. The van der Waals surface area contributed by atoms with Crippen LogP contribution in [-0.2, 0) is 38.1 Å². The average molecular weight is 1430 g/mol. The minimum absolute atomic E-state index is 0.0266. The standard InChI is InChI=1S/C80H76F4N4O16/c1-41(2)25-59(79(95)85(35-43(5)6)23-21-65(89)99-39-53-37-97-53)87-75(91)55-31-61(101-49-17-9-13-45(81)27-49)69-71-63(103-51-19-11-15-47(83)29-51)33-57-68-58(78(94)88(77(57)93)60(26-42(3)4)80(96)86(36-44(7)8)24-22-66(90)100-40-54-38-98-54)34-64(104-52-20-12-16-48(84)30-52)72(74(68)71)70-62(102-50-18-10-14-46(82)28-50)32-56(76(87)92)67(55)73(69)70/h9-20,27-34,41-44,53-54,59-60H,21-26,35-40H2,1-8H3. The lowest BCUT2D eigenvalue weighted by Crippen LogP contribution is -2.55. The van der Waals surface area contributed by atoms with E-state index in [2.05, 4.69) is 0 Å². The molecule has 6 amide bonds. The molecular formula is C80H76F4N4O16. The molecule has 2 saturated heterocycles. The van der Waals surface area contributed by atoms with Crippen molar-refractivity contribution in [3.8, 4) is 46.0 Å². The van der Waals surface area contributed by atoms with Gasteiger partial charge in [0.25, 0.3) is 23.6 Å². The molecule has 9 aromatic carbocycles. The molecule has 4 heterocycles. The first-order chi connectivity index (χ1) is 49.8. The summed E-state index contributed by atoms with van der Waals surface area (Å²) in [6.45, 7) is 15.5. The first-order valence-corrected chi connectivity index (χ1v) is 34.8. The van der Waals surface area contributed by atoms with Gasteiger partial charge >= 0.3 is 11.9 Å². The monoisotopic (exact) mass is 1420 g/mol. The number of hydrogen-bond donors (Lipinski definition) is 0. The number of ether oxygens (including phenoxy) is 8. The predicted octanol–water partition coefficient (Wildman–Crippen LogP) is 15.1. The molecular weight excluding hydrogens is 1350 g/mol. The summed E-state index contributed by atoms with van der Waals surface area (Å²) in [6, 6.07) is 22.2. The Morgan fingerprint density at radius 2 is 0.692 bits per heavy atom. The van der Waals surface area contributed by atoms with Crippen molar-refractivity contribution in [3.05, 3.63) is 167 Å². The van der Waals surface area contributed by atoms with E-state index in [9.17, 15) is 9.59 Å². The van der Waals surface area contributed by atoms with Gasteiger partial charge in [0.15, 0.2) is 0 Å². The summed E-state index contributed by atoms with van der Waals surface area (Å²) in [5, 5.41) is -0.558. The van der Waals surface area contributed by atoms with E-state index in [1.54, 1.807) is 27.7 Å². The number of fused-ring (bicyclic) bond motifs is 2. The van der Waals surface area contributed by atoms with E-state index in [-0.39, 0.29) is 212 Å². The van der Waals surface area contributed by atoms with Gasteiger partial charge in [0, 0.05) is 93.5 Å². The molecule has 2 fully saturated rings. The third-order valence-corrected chi connectivity index (χ3v) is 18.3. The predicted molar refractivity (Wildman–Crippen MR) is 375 cm³/mol. The van der Waals surface area contributed by atoms with E-state index in [1.165, 1.54) is 107 Å². The smallest absolute Gasteiger partial charge is 0.307 e. The van der Waals surface area contributed by atoms with Crippen LogP contribution in [0.4, 0.5) is 17.6 Å². The van der Waals surface area contributed by atoms with Crippen molar-refractivity contribution in [2.75, 3.05) is 52.6 Å². The summed E-state index contributed by atoms with van der Waals surface area (Å²) in [5.41, 5.74) is -1.01. The summed E-state index contributed by atoms with van der Waals surface area (Å²) in [7, 11) is 0. The van der Waals surface area contributed by atoms with E-state index < -0.39 is 82.7 Å².